The maximum absolute atomic E-state index is 15.1. The van der Waals surface area contributed by atoms with Crippen LogP contribution in [0.1, 0.15) is 108 Å². The smallest absolute Gasteiger partial charge is 0.311 e. The number of rotatable bonds is 9. The summed E-state index contributed by atoms with van der Waals surface area (Å²) in [5.41, 5.74) is -2.78. The Kier molecular flexibility index (Phi) is 9.51. The number of carboxylic acid groups (broad SMARTS) is 1. The molecule has 2 N–H and O–H groups in total. The number of carboxylic acids is 1. The van der Waals surface area contributed by atoms with E-state index in [9.17, 15) is 14.7 Å². The lowest BCUT2D eigenvalue weighted by molar-refractivity contribution is -0.918. The maximum Gasteiger partial charge on any atom is 0.311 e. The first-order valence-electron chi connectivity index (χ1n) is 18.8. The molecule has 4 fully saturated rings. The van der Waals surface area contributed by atoms with Crippen LogP contribution in [0.5, 0.6) is 0 Å². The molecule has 5 aliphatic rings. The average Bonchev–Trinajstić information content (AvgIpc) is 2.97. The number of esters is 1. The summed E-state index contributed by atoms with van der Waals surface area (Å²) in [5.74, 6) is -0.860. The number of nitrogens with one attached hydrogen (secondary N) is 1. The highest BCUT2D eigenvalue weighted by Gasteiger charge is 2.77. The number of ketones is 1. The van der Waals surface area contributed by atoms with E-state index in [2.05, 4.69) is 76.4 Å². The zero-order valence-corrected chi connectivity index (χ0v) is 32.2. The first-order valence-corrected chi connectivity index (χ1v) is 18.8. The fourth-order valence-corrected chi connectivity index (χ4v) is 12.5. The van der Waals surface area contributed by atoms with Crippen molar-refractivity contribution < 1.29 is 38.6 Å². The average molecular weight is 673 g/mol. The van der Waals surface area contributed by atoms with E-state index in [1.807, 2.05) is 13.0 Å². The Bertz CT molecular complexity index is 1330. The lowest BCUT2D eigenvalue weighted by Crippen LogP contribution is -3.16. The van der Waals surface area contributed by atoms with Gasteiger partial charge in [0.2, 0.25) is 0 Å². The Morgan fingerprint density at radius 2 is 1.73 bits per heavy atom. The fourth-order valence-electron chi connectivity index (χ4n) is 12.5. The molecule has 0 aromatic carbocycles. The molecule has 0 aromatic rings. The van der Waals surface area contributed by atoms with Gasteiger partial charge in [0.25, 0.3) is 0 Å². The molecular formula is C40H66NO7+. The monoisotopic (exact) mass is 672 g/mol. The van der Waals surface area contributed by atoms with Crippen LogP contribution in [0.25, 0.3) is 0 Å². The maximum atomic E-state index is 15.1. The van der Waals surface area contributed by atoms with E-state index >= 15 is 4.79 Å². The first-order chi connectivity index (χ1) is 22.1. The van der Waals surface area contributed by atoms with Crippen LogP contribution in [0, 0.1) is 62.6 Å². The number of carbonyl (C=O) groups excluding carboxylic acids is 2. The number of quaternary nitrogens is 1. The third-order valence-electron chi connectivity index (χ3n) is 16.2. The van der Waals surface area contributed by atoms with E-state index in [-0.39, 0.29) is 53.0 Å². The van der Waals surface area contributed by atoms with Crippen LogP contribution in [0.15, 0.2) is 11.6 Å². The molecule has 8 nitrogen and oxygen atoms in total. The zero-order valence-electron chi connectivity index (χ0n) is 32.2. The van der Waals surface area contributed by atoms with Gasteiger partial charge in [-0.05, 0) is 80.1 Å². The van der Waals surface area contributed by atoms with Gasteiger partial charge in [0.05, 0.1) is 38.1 Å². The van der Waals surface area contributed by atoms with E-state index in [1.165, 1.54) is 11.8 Å². The summed E-state index contributed by atoms with van der Waals surface area (Å²) in [6, 6.07) is 0. The number of aliphatic carboxylic acids is 1. The fraction of sp³-hybridized carbons (Fsp3) is 0.875. The molecule has 0 radical (unpaired) electrons. The summed E-state index contributed by atoms with van der Waals surface area (Å²) >= 11 is 0. The van der Waals surface area contributed by atoms with Gasteiger partial charge >= 0.3 is 11.9 Å². The Balaban J connectivity index is 1.65. The van der Waals surface area contributed by atoms with E-state index in [1.54, 1.807) is 0 Å². The summed E-state index contributed by atoms with van der Waals surface area (Å²) in [5, 5.41) is 11.2. The Morgan fingerprint density at radius 1 is 1.08 bits per heavy atom. The Labute approximate surface area is 290 Å². The van der Waals surface area contributed by atoms with Crippen LogP contribution in [0.4, 0.5) is 0 Å². The lowest BCUT2D eigenvalue weighted by atomic mass is 9.32. The van der Waals surface area contributed by atoms with Gasteiger partial charge in [-0.1, -0.05) is 67.9 Å². The molecule has 48 heavy (non-hydrogen) atoms. The molecule has 1 aliphatic heterocycles. The minimum Gasteiger partial charge on any atom is -0.481 e. The summed E-state index contributed by atoms with van der Waals surface area (Å²) in [6.07, 6.45) is 4.99. The van der Waals surface area contributed by atoms with Crippen LogP contribution in [0.2, 0.25) is 0 Å². The van der Waals surface area contributed by atoms with Gasteiger partial charge in [-0.15, -0.1) is 0 Å². The molecule has 5 rings (SSSR count). The van der Waals surface area contributed by atoms with Crippen molar-refractivity contribution in [3.8, 4) is 0 Å². The molecule has 1 saturated heterocycles. The molecule has 1 heterocycles. The zero-order chi connectivity index (χ0) is 36.0. The number of fused-ring (bicyclic) bond motifs is 3. The number of likely N-dealkylation sites (N-methyl/N-ethyl adjacent to an activating group) is 1. The Morgan fingerprint density at radius 3 is 2.27 bits per heavy atom. The largest absolute Gasteiger partial charge is 0.481 e. The van der Waals surface area contributed by atoms with Crippen molar-refractivity contribution in [1.82, 2.24) is 0 Å². The summed E-state index contributed by atoms with van der Waals surface area (Å²) in [6.45, 7) is 24.5. The standard InChI is InChI=1S/C40H65NO7/c1-23(2)26(6)40(34(44)45)25(5)16-17-36(9)28-14-15-31-35(8)20-46-22-39(31,29(28)18-32(43)38(36,40)11)19-30(48-27(7)42)33(35)47-21-37(10,24(3)4)41(12)13/h18,23-26,28,30-31,33H,14-17,19-22H2,1-13H3,(H,44,45)/p+1/t25?,26-,28+,30-,31+,33+,35+,36-,37-,38-,39-,40-/m1/s1. The SMILES string of the molecule is CC(=O)O[C@@H]1C[C@]23COC[C@@](C)([C@@H]2CC[C@H]2C3=CC(=O)[C@]3(C)[C@]2(C)CCC(C)[C@]3(C(=O)O)[C@H](C)C(C)C)[C@H]1OC[C@](C)(C(C)C)[NH+](C)C. The van der Waals surface area contributed by atoms with Crippen molar-refractivity contribution in [2.45, 2.75) is 126 Å². The molecule has 0 spiro atoms. The molecule has 3 saturated carbocycles. The molecule has 8 heteroatoms. The predicted octanol–water partition coefficient (Wildman–Crippen LogP) is 5.63. The normalized spacial score (nSPS) is 44.3. The second-order valence-electron chi connectivity index (χ2n) is 18.6. The molecule has 0 aromatic heterocycles. The Hall–Kier alpha value is -1.77. The summed E-state index contributed by atoms with van der Waals surface area (Å²) < 4.78 is 19.8. The first kappa shape index (κ1) is 37.5. The highest BCUT2D eigenvalue weighted by Crippen LogP contribution is 2.75. The van der Waals surface area contributed by atoms with Crippen LogP contribution in [0.3, 0.4) is 0 Å². The minimum absolute atomic E-state index is 0.0324. The van der Waals surface area contributed by atoms with Gasteiger partial charge in [-0.25, -0.2) is 0 Å². The number of carbonyl (C=O) groups is 3. The van der Waals surface area contributed by atoms with Crippen molar-refractivity contribution in [2.75, 3.05) is 33.9 Å². The van der Waals surface area contributed by atoms with E-state index < -0.39 is 39.1 Å². The molecular weight excluding hydrogens is 606 g/mol. The van der Waals surface area contributed by atoms with Crippen LogP contribution in [-0.4, -0.2) is 74.5 Å². The quantitative estimate of drug-likeness (QED) is 0.306. The molecule has 4 aliphatic carbocycles. The van der Waals surface area contributed by atoms with Gasteiger partial charge < -0.3 is 24.2 Å². The number of hydrogen-bond acceptors (Lipinski definition) is 6. The van der Waals surface area contributed by atoms with Crippen LogP contribution < -0.4 is 4.90 Å². The third kappa shape index (κ3) is 4.73. The number of ether oxygens (including phenoxy) is 3. The molecule has 1 unspecified atom stereocenters. The van der Waals surface area contributed by atoms with Crippen molar-refractivity contribution in [3.05, 3.63) is 11.6 Å². The second-order valence-corrected chi connectivity index (χ2v) is 18.6. The molecule has 272 valence electrons. The van der Waals surface area contributed by atoms with Crippen molar-refractivity contribution in [1.29, 1.82) is 0 Å². The van der Waals surface area contributed by atoms with Gasteiger partial charge in [0.15, 0.2) is 5.78 Å². The minimum atomic E-state index is -1.19. The number of allylic oxidation sites excluding steroid dienone is 1. The highest BCUT2D eigenvalue weighted by molar-refractivity contribution is 6.02. The highest BCUT2D eigenvalue weighted by atomic mass is 16.6. The van der Waals surface area contributed by atoms with Crippen LogP contribution >= 0.6 is 0 Å². The molecule has 12 atom stereocenters. The summed E-state index contributed by atoms with van der Waals surface area (Å²) in [7, 11) is 4.33. The van der Waals surface area contributed by atoms with Crippen molar-refractivity contribution in [3.63, 3.8) is 0 Å². The van der Waals surface area contributed by atoms with Gasteiger partial charge in [0.1, 0.15) is 24.4 Å². The third-order valence-corrected chi connectivity index (χ3v) is 16.2. The predicted molar refractivity (Wildman–Crippen MR) is 185 cm³/mol. The van der Waals surface area contributed by atoms with Gasteiger partial charge in [-0.3, -0.25) is 14.4 Å². The number of hydrogen-bond donors (Lipinski definition) is 2. The summed E-state index contributed by atoms with van der Waals surface area (Å²) in [4.78, 5) is 42.8. The van der Waals surface area contributed by atoms with Gasteiger partial charge in [-0.2, -0.15) is 0 Å². The van der Waals surface area contributed by atoms with Crippen molar-refractivity contribution in [2.24, 2.45) is 62.6 Å². The van der Waals surface area contributed by atoms with Crippen molar-refractivity contribution >= 4 is 17.7 Å². The van der Waals surface area contributed by atoms with E-state index in [0.29, 0.717) is 32.2 Å². The second kappa shape index (κ2) is 12.2. The topological polar surface area (TPSA) is 104 Å². The lowest BCUT2D eigenvalue weighted by Gasteiger charge is -2.71. The van der Waals surface area contributed by atoms with E-state index in [0.717, 1.165) is 31.3 Å². The molecule has 2 bridgehead atoms. The molecule has 0 amide bonds. The van der Waals surface area contributed by atoms with E-state index in [4.69, 9.17) is 14.2 Å². The van der Waals surface area contributed by atoms with Crippen LogP contribution in [-0.2, 0) is 28.6 Å². The van der Waals surface area contributed by atoms with Gasteiger partial charge in [0, 0.05) is 23.7 Å².